The van der Waals surface area contributed by atoms with Crippen molar-refractivity contribution in [3.63, 3.8) is 0 Å². The molecule has 0 fully saturated rings. The highest BCUT2D eigenvalue weighted by Gasteiger charge is 1.88. The van der Waals surface area contributed by atoms with Gasteiger partial charge in [0.15, 0.2) is 0 Å². The van der Waals surface area contributed by atoms with Crippen molar-refractivity contribution in [2.45, 2.75) is 72.1 Å². The van der Waals surface area contributed by atoms with E-state index in [4.69, 9.17) is 11.6 Å². The van der Waals surface area contributed by atoms with Crippen molar-refractivity contribution in [2.75, 3.05) is 0 Å². The number of thiophene rings is 1. The number of hydrogen-bond donors (Lipinski definition) is 0. The van der Waals surface area contributed by atoms with E-state index in [9.17, 15) is 0 Å². The van der Waals surface area contributed by atoms with Gasteiger partial charge in [0.1, 0.15) is 0 Å². The number of unbranched alkanes of at least 4 members (excludes halogenated alkanes) is 7. The first kappa shape index (κ1) is 17.0. The summed E-state index contributed by atoms with van der Waals surface area (Å²) in [5.74, 6) is 0. The first-order chi connectivity index (χ1) is 8.20. The summed E-state index contributed by atoms with van der Waals surface area (Å²) >= 11 is 7.19. The molecule has 0 atom stereocenters. The molecule has 0 nitrogen and oxygen atoms in total. The fraction of sp³-hybridized carbons (Fsp3) is 0.733. The van der Waals surface area contributed by atoms with Gasteiger partial charge in [-0.15, -0.1) is 11.3 Å². The van der Waals surface area contributed by atoms with Gasteiger partial charge < -0.3 is 0 Å². The number of rotatable bonds is 7. The first-order valence-corrected chi connectivity index (χ1v) is 8.12. The maximum Gasteiger partial charge on any atom is 0.0931 e. The van der Waals surface area contributed by atoms with Crippen molar-refractivity contribution in [2.24, 2.45) is 0 Å². The quantitative estimate of drug-likeness (QED) is 0.477. The lowest BCUT2D eigenvalue weighted by Crippen LogP contribution is -1.77. The molecule has 0 amide bonds. The van der Waals surface area contributed by atoms with Crippen LogP contribution in [0.1, 0.15) is 70.1 Å². The normalized spacial score (nSPS) is 9.88. The van der Waals surface area contributed by atoms with Gasteiger partial charge in [0.25, 0.3) is 0 Å². The van der Waals surface area contributed by atoms with E-state index in [1.165, 1.54) is 56.2 Å². The summed E-state index contributed by atoms with van der Waals surface area (Å²) in [7, 11) is 0. The molecule has 0 spiro atoms. The highest BCUT2D eigenvalue weighted by molar-refractivity contribution is 7.16. The van der Waals surface area contributed by atoms with Gasteiger partial charge in [-0.3, -0.25) is 0 Å². The Balaban J connectivity index is 0.000000318. The maximum atomic E-state index is 5.58. The van der Waals surface area contributed by atoms with E-state index in [1.807, 2.05) is 19.1 Å². The molecule has 0 aliphatic heterocycles. The largest absolute Gasteiger partial charge is 0.129 e. The molecular weight excluding hydrogens is 248 g/mol. The molecule has 1 heterocycles. The average Bonchev–Trinajstić information content (AvgIpc) is 2.68. The van der Waals surface area contributed by atoms with E-state index in [1.54, 1.807) is 11.3 Å². The molecule has 0 aliphatic rings. The average molecular weight is 275 g/mol. The van der Waals surface area contributed by atoms with Crippen LogP contribution >= 0.6 is 22.9 Å². The number of hydrogen-bond acceptors (Lipinski definition) is 1. The molecule has 1 aromatic heterocycles. The molecular formula is C15H27ClS. The Bertz CT molecular complexity index is 231. The summed E-state index contributed by atoms with van der Waals surface area (Å²) in [6.45, 7) is 6.58. The zero-order valence-electron chi connectivity index (χ0n) is 11.6. The van der Waals surface area contributed by atoms with Crippen molar-refractivity contribution < 1.29 is 0 Å². The Morgan fingerprint density at radius 2 is 1.35 bits per heavy atom. The third kappa shape index (κ3) is 12.2. The fourth-order valence-corrected chi connectivity index (χ4v) is 2.62. The Labute approximate surface area is 116 Å². The zero-order valence-corrected chi connectivity index (χ0v) is 13.2. The fourth-order valence-electron chi connectivity index (χ4n) is 1.61. The lowest BCUT2D eigenvalue weighted by Gasteiger charge is -1.97. The summed E-state index contributed by atoms with van der Waals surface area (Å²) in [5, 5.41) is 0. The second kappa shape index (κ2) is 12.4. The molecule has 100 valence electrons. The number of halogens is 1. The van der Waals surface area contributed by atoms with E-state index in [0.717, 1.165) is 4.34 Å². The lowest BCUT2D eigenvalue weighted by atomic mass is 10.1. The molecule has 1 aromatic rings. The van der Waals surface area contributed by atoms with Crippen LogP contribution in [-0.4, -0.2) is 0 Å². The van der Waals surface area contributed by atoms with E-state index < -0.39 is 0 Å². The van der Waals surface area contributed by atoms with Crippen LogP contribution in [0.3, 0.4) is 0 Å². The van der Waals surface area contributed by atoms with Gasteiger partial charge in [-0.2, -0.15) is 0 Å². The summed E-state index contributed by atoms with van der Waals surface area (Å²) < 4.78 is 0.873. The molecule has 0 N–H and O–H groups in total. The second-order valence-electron chi connectivity index (χ2n) is 4.47. The van der Waals surface area contributed by atoms with Crippen LogP contribution in [-0.2, 0) is 0 Å². The van der Waals surface area contributed by atoms with Gasteiger partial charge in [0.2, 0.25) is 0 Å². The maximum absolute atomic E-state index is 5.58. The zero-order chi connectivity index (χ0) is 12.9. The topological polar surface area (TPSA) is 0 Å². The van der Waals surface area contributed by atoms with Crippen molar-refractivity contribution >= 4 is 22.9 Å². The minimum Gasteiger partial charge on any atom is -0.129 e. The van der Waals surface area contributed by atoms with Gasteiger partial charge in [0.05, 0.1) is 4.34 Å². The molecule has 17 heavy (non-hydrogen) atoms. The Hall–Kier alpha value is -0.0100. The van der Waals surface area contributed by atoms with E-state index in [2.05, 4.69) is 13.8 Å². The molecule has 1 rings (SSSR count). The van der Waals surface area contributed by atoms with Gasteiger partial charge in [-0.05, 0) is 19.1 Å². The van der Waals surface area contributed by atoms with E-state index in [-0.39, 0.29) is 0 Å². The molecule has 0 saturated heterocycles. The summed E-state index contributed by atoms with van der Waals surface area (Å²) in [6.07, 6.45) is 11.5. The minimum atomic E-state index is 0.873. The molecule has 0 aliphatic carbocycles. The van der Waals surface area contributed by atoms with Crippen LogP contribution in [0.2, 0.25) is 4.34 Å². The van der Waals surface area contributed by atoms with Crippen molar-refractivity contribution in [1.82, 2.24) is 0 Å². The molecule has 0 saturated carbocycles. The summed E-state index contributed by atoms with van der Waals surface area (Å²) in [6, 6.07) is 3.91. The predicted octanol–water partition coefficient (Wildman–Crippen LogP) is 6.86. The third-order valence-electron chi connectivity index (χ3n) is 2.66. The summed E-state index contributed by atoms with van der Waals surface area (Å²) in [4.78, 5) is 1.27. The van der Waals surface area contributed by atoms with E-state index in [0.29, 0.717) is 0 Å². The molecule has 0 unspecified atom stereocenters. The number of aryl methyl sites for hydroxylation is 1. The monoisotopic (exact) mass is 274 g/mol. The third-order valence-corrected chi connectivity index (χ3v) is 3.81. The second-order valence-corrected chi connectivity index (χ2v) is 6.39. The van der Waals surface area contributed by atoms with Gasteiger partial charge in [-0.1, -0.05) is 76.8 Å². The van der Waals surface area contributed by atoms with Crippen LogP contribution < -0.4 is 0 Å². The molecule has 0 bridgehead atoms. The van der Waals surface area contributed by atoms with Crippen LogP contribution in [0.4, 0.5) is 0 Å². The van der Waals surface area contributed by atoms with Gasteiger partial charge in [-0.25, -0.2) is 0 Å². The Morgan fingerprint density at radius 3 is 1.59 bits per heavy atom. The smallest absolute Gasteiger partial charge is 0.0931 e. The van der Waals surface area contributed by atoms with Crippen molar-refractivity contribution in [3.05, 3.63) is 21.3 Å². The predicted molar refractivity (Wildman–Crippen MR) is 82.4 cm³/mol. The first-order valence-electron chi connectivity index (χ1n) is 6.92. The van der Waals surface area contributed by atoms with Gasteiger partial charge in [0, 0.05) is 4.88 Å². The Kier molecular flexibility index (Phi) is 12.4. The highest BCUT2D eigenvalue weighted by Crippen LogP contribution is 2.19. The molecule has 0 radical (unpaired) electrons. The van der Waals surface area contributed by atoms with Crippen molar-refractivity contribution in [1.29, 1.82) is 0 Å². The lowest BCUT2D eigenvalue weighted by molar-refractivity contribution is 0.585. The molecule has 0 aromatic carbocycles. The van der Waals surface area contributed by atoms with Crippen molar-refractivity contribution in [3.8, 4) is 0 Å². The highest BCUT2D eigenvalue weighted by atomic mass is 35.5. The van der Waals surface area contributed by atoms with Crippen LogP contribution in [0.15, 0.2) is 12.1 Å². The van der Waals surface area contributed by atoms with Crippen LogP contribution in [0.5, 0.6) is 0 Å². The van der Waals surface area contributed by atoms with Crippen LogP contribution in [0.25, 0.3) is 0 Å². The van der Waals surface area contributed by atoms with E-state index >= 15 is 0 Å². The Morgan fingerprint density at radius 1 is 0.882 bits per heavy atom. The van der Waals surface area contributed by atoms with Crippen LogP contribution in [0, 0.1) is 6.92 Å². The SMILES string of the molecule is CCCCCCCCCC.Cc1ccc(Cl)s1. The standard InChI is InChI=1S/C10H22.C5H5ClS/c1-3-5-7-9-10-8-6-4-2;1-4-2-3-5(6)7-4/h3-10H2,1-2H3;2-3H,1H3. The molecule has 2 heteroatoms. The van der Waals surface area contributed by atoms with Gasteiger partial charge >= 0.3 is 0 Å². The summed E-state index contributed by atoms with van der Waals surface area (Å²) in [5.41, 5.74) is 0. The minimum absolute atomic E-state index is 0.873.